The minimum Gasteiger partial charge on any atom is -0.497 e. The normalized spacial score (nSPS) is 19.8. The summed E-state index contributed by atoms with van der Waals surface area (Å²) in [5.74, 6) is 0.939. The first-order valence-electron chi connectivity index (χ1n) is 22.0. The molecule has 1 saturated heterocycles. The first kappa shape index (κ1) is 51.6. The fraction of sp³-hybridized carbons (Fsp3) is 0.511. The molecule has 0 bridgehead atoms. The Labute approximate surface area is 380 Å². The highest BCUT2D eigenvalue weighted by molar-refractivity contribution is 7.60. The molecule has 17 heteroatoms. The molecule has 350 valence electrons. The second-order valence-electron chi connectivity index (χ2n) is 17.3. The predicted octanol–water partition coefficient (Wildman–Crippen LogP) is 9.10. The van der Waals surface area contributed by atoms with Crippen molar-refractivity contribution in [1.29, 1.82) is 0 Å². The number of ether oxygens (including phenoxy) is 2. The number of aromatic nitrogens is 2. The van der Waals surface area contributed by atoms with Crippen LogP contribution in [0.15, 0.2) is 71.4 Å². The van der Waals surface area contributed by atoms with Gasteiger partial charge in [-0.2, -0.15) is 0 Å². The standard InChI is InChI=1S/C16H17N3O2S.C14H17FNO3P.C13H22N2O3.C4H10/c1-9(2)17-16-19-14(8-22-16)13-7-15(20)11-5-4-10(21-3)6-12(11)18-13;1-2-12-9-14(12,16-10-17)20(18,19)8-7-11-5-3-4-6-13(11)15;1-10-5-4-8-15(10)12(16)9-14-13(17)18-11-6-2-3-7-11;1-4(2)3/h4-9H,1-3H3,(H,17,19)(H,18,20);2-6,10,12H,1,7-9H2,(H,16,17)(H,18,19);10-11H,2-9H2,1H3,(H,14,17);4H,1-3H3/t;12?,14-;;/m.0../s1. The third-order valence-electron chi connectivity index (χ3n) is 10.9. The van der Waals surface area contributed by atoms with Gasteiger partial charge in [0.15, 0.2) is 10.6 Å². The van der Waals surface area contributed by atoms with Gasteiger partial charge < -0.3 is 40.2 Å². The molecule has 2 aromatic heterocycles. The molecule has 3 heterocycles. The van der Waals surface area contributed by atoms with Crippen molar-refractivity contribution in [3.63, 3.8) is 0 Å². The van der Waals surface area contributed by atoms with E-state index in [1.807, 2.05) is 23.3 Å². The van der Waals surface area contributed by atoms with E-state index < -0.39 is 18.7 Å². The third kappa shape index (κ3) is 14.7. The first-order chi connectivity index (χ1) is 30.4. The number of rotatable bonds is 14. The monoisotopic (exact) mass is 924 g/mol. The quantitative estimate of drug-likeness (QED) is 0.0463. The molecular weight excluding hydrogens is 859 g/mol. The fourth-order valence-electron chi connectivity index (χ4n) is 7.46. The Morgan fingerprint density at radius 1 is 1.11 bits per heavy atom. The van der Waals surface area contributed by atoms with Gasteiger partial charge in [-0.25, -0.2) is 14.2 Å². The molecule has 0 radical (unpaired) electrons. The smallest absolute Gasteiger partial charge is 0.407 e. The molecule has 3 aliphatic rings. The molecule has 3 fully saturated rings. The number of alkyl carbamates (subject to hydrolysis) is 1. The van der Waals surface area contributed by atoms with Gasteiger partial charge in [0.1, 0.15) is 29.5 Å². The Kier molecular flexibility index (Phi) is 19.6. The van der Waals surface area contributed by atoms with Crippen molar-refractivity contribution in [3.8, 4) is 17.1 Å². The molecule has 4 atom stereocenters. The molecule has 7 rings (SSSR count). The number of aryl methyl sites for hydroxylation is 1. The molecule has 64 heavy (non-hydrogen) atoms. The van der Waals surface area contributed by atoms with Crippen molar-refractivity contribution in [2.45, 2.75) is 116 Å². The van der Waals surface area contributed by atoms with Crippen LogP contribution in [0.3, 0.4) is 0 Å². The maximum Gasteiger partial charge on any atom is 0.407 e. The zero-order valence-corrected chi connectivity index (χ0v) is 39.9. The van der Waals surface area contributed by atoms with Crippen molar-refractivity contribution in [1.82, 2.24) is 25.5 Å². The SMILES string of the molecule is C=CC1C[C@]1(NC=O)P(=O)(O)CCc1ccccc1F.CC(C)C.CC1CCCN1C(=O)CNC(=O)OC1CCCC1.COc1ccc2c(=O)cc(-c3csc(NC(C)C)n3)[nH]c2c1. The molecule has 14 nitrogen and oxygen atoms in total. The average Bonchev–Trinajstić information content (AvgIpc) is 3.65. The molecular formula is C47H66FN6O8PS. The van der Waals surface area contributed by atoms with Crippen molar-refractivity contribution < 1.29 is 37.7 Å². The molecule has 2 aromatic carbocycles. The zero-order chi connectivity index (χ0) is 47.0. The number of fused-ring (bicyclic) bond motifs is 1. The first-order valence-corrected chi connectivity index (χ1v) is 24.7. The van der Waals surface area contributed by atoms with Gasteiger partial charge in [0.2, 0.25) is 19.7 Å². The van der Waals surface area contributed by atoms with E-state index >= 15 is 0 Å². The Bertz CT molecular complexity index is 2280. The Hall–Kier alpha value is -5.05. The van der Waals surface area contributed by atoms with Crippen LogP contribution in [0.5, 0.6) is 5.75 Å². The molecule has 1 aliphatic heterocycles. The highest BCUT2D eigenvalue weighted by atomic mass is 32.1. The lowest BCUT2D eigenvalue weighted by molar-refractivity contribution is -0.130. The summed E-state index contributed by atoms with van der Waals surface area (Å²) in [6.07, 6.45) is 8.36. The number of methoxy groups -OCH3 is 1. The number of likely N-dealkylation sites (tertiary alicyclic amines) is 1. The van der Waals surface area contributed by atoms with Gasteiger partial charge in [0, 0.05) is 53.6 Å². The average molecular weight is 925 g/mol. The van der Waals surface area contributed by atoms with Gasteiger partial charge in [0.25, 0.3) is 0 Å². The van der Waals surface area contributed by atoms with Crippen molar-refractivity contribution in [2.75, 3.05) is 31.7 Å². The summed E-state index contributed by atoms with van der Waals surface area (Å²) in [6, 6.07) is 13.7. The Morgan fingerprint density at radius 3 is 2.41 bits per heavy atom. The predicted molar refractivity (Wildman–Crippen MR) is 254 cm³/mol. The number of H-pyrrole nitrogens is 1. The second-order valence-corrected chi connectivity index (χ2v) is 20.8. The zero-order valence-electron chi connectivity index (χ0n) is 38.2. The fourth-order valence-corrected chi connectivity index (χ4v) is 10.6. The molecule has 4 aromatic rings. The topological polar surface area (TPSA) is 192 Å². The minimum absolute atomic E-state index is 0.0108. The van der Waals surface area contributed by atoms with E-state index in [-0.39, 0.29) is 48.3 Å². The Morgan fingerprint density at radius 2 is 1.81 bits per heavy atom. The van der Waals surface area contributed by atoms with Crippen LogP contribution in [-0.4, -0.2) is 88.0 Å². The van der Waals surface area contributed by atoms with E-state index in [9.17, 15) is 33.0 Å². The maximum atomic E-state index is 13.5. The van der Waals surface area contributed by atoms with Crippen LogP contribution in [0.2, 0.25) is 0 Å². The summed E-state index contributed by atoms with van der Waals surface area (Å²) in [6.45, 7) is 17.1. The van der Waals surface area contributed by atoms with Gasteiger partial charge in [-0.1, -0.05) is 45.0 Å². The van der Waals surface area contributed by atoms with E-state index in [1.165, 1.54) is 17.4 Å². The number of thiazole rings is 1. The number of hydrogen-bond acceptors (Lipinski definition) is 10. The van der Waals surface area contributed by atoms with Gasteiger partial charge in [-0.15, -0.1) is 17.9 Å². The lowest BCUT2D eigenvalue weighted by Gasteiger charge is -2.23. The molecule has 5 N–H and O–H groups in total. The largest absolute Gasteiger partial charge is 0.497 e. The number of carbonyl (C=O) groups excluding carboxylic acids is 3. The van der Waals surface area contributed by atoms with E-state index in [0.29, 0.717) is 47.3 Å². The number of pyridine rings is 1. The van der Waals surface area contributed by atoms with E-state index in [0.717, 1.165) is 67.3 Å². The van der Waals surface area contributed by atoms with E-state index in [1.54, 1.807) is 49.6 Å². The van der Waals surface area contributed by atoms with Gasteiger partial charge in [-0.05, 0) is 102 Å². The van der Waals surface area contributed by atoms with Gasteiger partial charge in [-0.3, -0.25) is 18.9 Å². The van der Waals surface area contributed by atoms with Crippen LogP contribution in [-0.2, 0) is 25.3 Å². The number of halogens is 1. The summed E-state index contributed by atoms with van der Waals surface area (Å²) in [7, 11) is -2.03. The van der Waals surface area contributed by atoms with E-state index in [4.69, 9.17) is 9.47 Å². The summed E-state index contributed by atoms with van der Waals surface area (Å²) in [4.78, 5) is 66.1. The number of nitrogens with zero attached hydrogens (tertiary/aromatic N) is 2. The van der Waals surface area contributed by atoms with Crippen molar-refractivity contribution in [2.24, 2.45) is 11.8 Å². The Balaban J connectivity index is 0.000000203. The number of amides is 3. The maximum absolute atomic E-state index is 13.5. The molecule has 0 spiro atoms. The highest BCUT2D eigenvalue weighted by Gasteiger charge is 2.64. The summed E-state index contributed by atoms with van der Waals surface area (Å²) in [5.41, 5.74) is 2.58. The number of aromatic amines is 1. The van der Waals surface area contributed by atoms with Crippen LogP contribution >= 0.6 is 18.7 Å². The van der Waals surface area contributed by atoms with Gasteiger partial charge in [0.05, 0.1) is 24.0 Å². The summed E-state index contributed by atoms with van der Waals surface area (Å²) in [5, 5.41) is 10.6. The molecule has 3 amide bonds. The number of nitrogens with one attached hydrogen (secondary N) is 4. The van der Waals surface area contributed by atoms with Crippen LogP contribution < -0.4 is 26.1 Å². The molecule has 3 unspecified atom stereocenters. The highest BCUT2D eigenvalue weighted by Crippen LogP contribution is 2.69. The summed E-state index contributed by atoms with van der Waals surface area (Å²) >= 11 is 1.52. The number of anilines is 1. The molecule has 2 aliphatic carbocycles. The molecule has 2 saturated carbocycles. The second kappa shape index (κ2) is 24.3. The van der Waals surface area contributed by atoms with E-state index in [2.05, 4.69) is 67.1 Å². The van der Waals surface area contributed by atoms with Crippen molar-refractivity contribution in [3.05, 3.63) is 88.2 Å². The third-order valence-corrected chi connectivity index (χ3v) is 14.4. The van der Waals surface area contributed by atoms with Crippen LogP contribution in [0.25, 0.3) is 22.3 Å². The number of benzene rings is 2. The lowest BCUT2D eigenvalue weighted by Crippen LogP contribution is -2.42. The van der Waals surface area contributed by atoms with Gasteiger partial charge >= 0.3 is 6.09 Å². The number of hydrogen-bond donors (Lipinski definition) is 5. The van der Waals surface area contributed by atoms with Crippen LogP contribution in [0.4, 0.5) is 14.3 Å². The van der Waals surface area contributed by atoms with Crippen molar-refractivity contribution >= 4 is 53.2 Å². The summed E-state index contributed by atoms with van der Waals surface area (Å²) < 4.78 is 36.5. The van der Waals surface area contributed by atoms with Crippen LogP contribution in [0.1, 0.15) is 92.1 Å². The minimum atomic E-state index is -3.64. The number of carbonyl (C=O) groups is 3. The van der Waals surface area contributed by atoms with Crippen LogP contribution in [0, 0.1) is 17.7 Å². The lowest BCUT2D eigenvalue weighted by atomic mass is 10.1.